The summed E-state index contributed by atoms with van der Waals surface area (Å²) < 4.78 is 4.85. The van der Waals surface area contributed by atoms with Crippen LogP contribution in [0.15, 0.2) is 0 Å². The lowest BCUT2D eigenvalue weighted by atomic mass is 9.55. The summed E-state index contributed by atoms with van der Waals surface area (Å²) in [5.74, 6) is 1.06. The van der Waals surface area contributed by atoms with Crippen LogP contribution < -0.4 is 5.73 Å². The number of rotatable bonds is 3. The third-order valence-corrected chi connectivity index (χ3v) is 4.75. The van der Waals surface area contributed by atoms with Crippen molar-refractivity contribution in [2.24, 2.45) is 23.0 Å². The number of nitrogens with two attached hydrogens (primary N) is 1. The maximum absolute atomic E-state index is 11.7. The Morgan fingerprint density at radius 2 is 2.06 bits per heavy atom. The molecule has 0 spiro atoms. The van der Waals surface area contributed by atoms with Crippen LogP contribution in [0, 0.1) is 17.3 Å². The molecular weight excluding hydrogens is 214 g/mol. The molecule has 0 radical (unpaired) electrons. The monoisotopic (exact) mass is 241 g/mol. The van der Waals surface area contributed by atoms with E-state index in [4.69, 9.17) is 10.5 Å². The third kappa shape index (κ3) is 2.82. The minimum absolute atomic E-state index is 0.118. The summed E-state index contributed by atoms with van der Waals surface area (Å²) in [4.78, 5) is 11.7. The summed E-state index contributed by atoms with van der Waals surface area (Å²) in [7, 11) is 1.45. The third-order valence-electron chi connectivity index (χ3n) is 4.75. The lowest BCUT2D eigenvalue weighted by Crippen LogP contribution is -2.57. The van der Waals surface area contributed by atoms with Gasteiger partial charge in [-0.3, -0.25) is 4.79 Å². The van der Waals surface area contributed by atoms with Crippen LogP contribution in [0.5, 0.6) is 0 Å². The van der Waals surface area contributed by atoms with Gasteiger partial charge < -0.3 is 10.5 Å². The molecule has 100 valence electrons. The molecule has 0 aromatic heterocycles. The number of hydrogen-bond acceptors (Lipinski definition) is 3. The first-order valence-corrected chi connectivity index (χ1v) is 6.58. The van der Waals surface area contributed by atoms with Gasteiger partial charge in [-0.15, -0.1) is 0 Å². The van der Waals surface area contributed by atoms with Crippen LogP contribution in [0.25, 0.3) is 0 Å². The van der Waals surface area contributed by atoms with Crippen molar-refractivity contribution in [3.8, 4) is 0 Å². The van der Waals surface area contributed by atoms with Gasteiger partial charge in [-0.2, -0.15) is 0 Å². The minimum atomic E-state index is -0.346. The Labute approximate surface area is 105 Å². The van der Waals surface area contributed by atoms with Crippen molar-refractivity contribution in [2.45, 2.75) is 58.9 Å². The molecule has 1 aliphatic rings. The number of carbonyl (C=O) groups is 1. The molecule has 0 aromatic carbocycles. The summed E-state index contributed by atoms with van der Waals surface area (Å²) in [5.41, 5.74) is 5.91. The number of ether oxygens (including phenoxy) is 1. The SMILES string of the molecule is COC(=O)CC1(C(C)(C)N)CCC(C)CC1C. The van der Waals surface area contributed by atoms with E-state index in [-0.39, 0.29) is 16.9 Å². The van der Waals surface area contributed by atoms with Crippen LogP contribution in [0.2, 0.25) is 0 Å². The molecule has 0 amide bonds. The molecule has 0 bridgehead atoms. The second-order valence-corrected chi connectivity index (χ2v) is 6.41. The van der Waals surface area contributed by atoms with Gasteiger partial charge in [0.25, 0.3) is 0 Å². The average Bonchev–Trinajstić information content (AvgIpc) is 2.20. The summed E-state index contributed by atoms with van der Waals surface area (Å²) in [6.07, 6.45) is 3.77. The Kier molecular flexibility index (Phi) is 4.23. The quantitative estimate of drug-likeness (QED) is 0.773. The first-order valence-electron chi connectivity index (χ1n) is 6.58. The smallest absolute Gasteiger partial charge is 0.306 e. The highest BCUT2D eigenvalue weighted by Crippen LogP contribution is 2.51. The van der Waals surface area contributed by atoms with Gasteiger partial charge in [0.1, 0.15) is 0 Å². The lowest BCUT2D eigenvalue weighted by Gasteiger charge is -2.52. The fourth-order valence-electron chi connectivity index (χ4n) is 3.47. The van der Waals surface area contributed by atoms with Crippen LogP contribution in [0.3, 0.4) is 0 Å². The van der Waals surface area contributed by atoms with E-state index in [9.17, 15) is 4.79 Å². The molecule has 0 aromatic rings. The van der Waals surface area contributed by atoms with E-state index in [1.165, 1.54) is 7.11 Å². The van der Waals surface area contributed by atoms with Gasteiger partial charge in [0.15, 0.2) is 0 Å². The standard InChI is InChI=1S/C14H27NO2/c1-10-6-7-14(11(2)8-10,13(3,4)15)9-12(16)17-5/h10-11H,6-9,15H2,1-5H3. The van der Waals surface area contributed by atoms with Crippen LogP contribution in [0.1, 0.15) is 53.4 Å². The Morgan fingerprint density at radius 1 is 1.47 bits per heavy atom. The van der Waals surface area contributed by atoms with Crippen molar-refractivity contribution in [2.75, 3.05) is 7.11 Å². The first-order chi connectivity index (χ1) is 7.73. The van der Waals surface area contributed by atoms with Gasteiger partial charge >= 0.3 is 5.97 Å². The van der Waals surface area contributed by atoms with Crippen LogP contribution >= 0.6 is 0 Å². The Morgan fingerprint density at radius 3 is 2.47 bits per heavy atom. The van der Waals surface area contributed by atoms with Crippen molar-refractivity contribution in [1.29, 1.82) is 0 Å². The highest BCUT2D eigenvalue weighted by molar-refractivity contribution is 5.70. The van der Waals surface area contributed by atoms with E-state index >= 15 is 0 Å². The highest BCUT2D eigenvalue weighted by atomic mass is 16.5. The molecule has 3 nitrogen and oxygen atoms in total. The summed E-state index contributed by atoms with van der Waals surface area (Å²) in [6.45, 7) is 8.60. The second-order valence-electron chi connectivity index (χ2n) is 6.41. The number of esters is 1. The van der Waals surface area contributed by atoms with Crippen LogP contribution in [-0.4, -0.2) is 18.6 Å². The van der Waals surface area contributed by atoms with Gasteiger partial charge in [-0.05, 0) is 38.5 Å². The molecule has 2 N–H and O–H groups in total. The van der Waals surface area contributed by atoms with Gasteiger partial charge in [-0.25, -0.2) is 0 Å². The largest absolute Gasteiger partial charge is 0.469 e. The number of methoxy groups -OCH3 is 1. The fourth-order valence-corrected chi connectivity index (χ4v) is 3.47. The zero-order valence-electron chi connectivity index (χ0n) is 11.9. The maximum atomic E-state index is 11.7. The van der Waals surface area contributed by atoms with Crippen molar-refractivity contribution in [3.63, 3.8) is 0 Å². The normalized spacial score (nSPS) is 34.5. The second kappa shape index (κ2) is 4.97. The first kappa shape index (κ1) is 14.5. The van der Waals surface area contributed by atoms with Crippen molar-refractivity contribution in [1.82, 2.24) is 0 Å². The van der Waals surface area contributed by atoms with Gasteiger partial charge in [0, 0.05) is 11.0 Å². The average molecular weight is 241 g/mol. The van der Waals surface area contributed by atoms with Crippen molar-refractivity contribution in [3.05, 3.63) is 0 Å². The number of hydrogen-bond donors (Lipinski definition) is 1. The Bertz CT molecular complexity index is 282. The van der Waals surface area contributed by atoms with E-state index in [1.54, 1.807) is 0 Å². The topological polar surface area (TPSA) is 52.3 Å². The molecule has 1 aliphatic carbocycles. The molecule has 3 atom stereocenters. The molecule has 0 aliphatic heterocycles. The predicted octanol–water partition coefficient (Wildman–Crippen LogP) is 2.73. The molecule has 1 saturated carbocycles. The van der Waals surface area contributed by atoms with E-state index in [0.29, 0.717) is 12.3 Å². The van der Waals surface area contributed by atoms with Gasteiger partial charge in [0.2, 0.25) is 0 Å². The van der Waals surface area contributed by atoms with Gasteiger partial charge in [0.05, 0.1) is 13.5 Å². The molecule has 3 unspecified atom stereocenters. The zero-order valence-corrected chi connectivity index (χ0v) is 11.9. The summed E-state index contributed by atoms with van der Waals surface area (Å²) >= 11 is 0. The molecule has 3 heteroatoms. The Balaban J connectivity index is 2.98. The summed E-state index contributed by atoms with van der Waals surface area (Å²) in [5, 5.41) is 0. The van der Waals surface area contributed by atoms with Gasteiger partial charge in [-0.1, -0.05) is 20.3 Å². The highest BCUT2D eigenvalue weighted by Gasteiger charge is 2.50. The van der Waals surface area contributed by atoms with Crippen LogP contribution in [0.4, 0.5) is 0 Å². The lowest BCUT2D eigenvalue weighted by molar-refractivity contribution is -0.147. The van der Waals surface area contributed by atoms with Crippen molar-refractivity contribution >= 4 is 5.97 Å². The van der Waals surface area contributed by atoms with E-state index in [2.05, 4.69) is 13.8 Å². The van der Waals surface area contributed by atoms with E-state index < -0.39 is 0 Å². The summed E-state index contributed by atoms with van der Waals surface area (Å²) in [6, 6.07) is 0. The van der Waals surface area contributed by atoms with Crippen molar-refractivity contribution < 1.29 is 9.53 Å². The fraction of sp³-hybridized carbons (Fsp3) is 0.929. The molecule has 0 saturated heterocycles. The predicted molar refractivity (Wildman–Crippen MR) is 69.5 cm³/mol. The van der Waals surface area contributed by atoms with E-state index in [1.807, 2.05) is 13.8 Å². The minimum Gasteiger partial charge on any atom is -0.469 e. The molecule has 17 heavy (non-hydrogen) atoms. The molecular formula is C14H27NO2. The molecule has 1 fully saturated rings. The van der Waals surface area contributed by atoms with E-state index in [0.717, 1.165) is 25.2 Å². The molecule has 1 rings (SSSR count). The van der Waals surface area contributed by atoms with Crippen LogP contribution in [-0.2, 0) is 9.53 Å². The number of carbonyl (C=O) groups excluding carboxylic acids is 1. The Hall–Kier alpha value is -0.570. The molecule has 0 heterocycles. The maximum Gasteiger partial charge on any atom is 0.306 e. The zero-order chi connectivity index (χ0) is 13.3.